The zero-order valence-electron chi connectivity index (χ0n) is 36.1. The molecular weight excluding hydrogens is 757 g/mol. The van der Waals surface area contributed by atoms with Gasteiger partial charge in [-0.15, -0.1) is 0 Å². The predicted octanol–water partition coefficient (Wildman–Crippen LogP) is 12.0. The number of phosphoric ester groups is 1. The van der Waals surface area contributed by atoms with E-state index >= 15 is 0 Å². The third kappa shape index (κ3) is 40.0. The molecule has 0 bridgehead atoms. The standard InChI is InChI=1S/C46H80NO10P/c1-3-5-7-9-11-13-15-17-19-21-23-25-27-29-31-33-35-37-44(48)54-39-42(40-55-58(52,53)56-41-43(47)46(50)51)57-45(49)38-36-34-32-30-28-26-24-22-20-18-16-14-12-10-8-6-4-2/h11-14,17-20,24,26,42-43H,3-10,15-16,21-23,25,27-41,47H2,1-2H3,(H,50,51)(H,52,53)/b13-11-,14-12-,19-17-,20-18-,26-24-/t42-,43+/m1/s1. The number of carboxylic acid groups (broad SMARTS) is 1. The van der Waals surface area contributed by atoms with Crippen molar-refractivity contribution in [3.63, 3.8) is 0 Å². The lowest BCUT2D eigenvalue weighted by molar-refractivity contribution is -0.161. The van der Waals surface area contributed by atoms with E-state index in [0.717, 1.165) is 83.5 Å². The first kappa shape index (κ1) is 55.2. The number of ether oxygens (including phenoxy) is 2. The molecule has 0 aromatic carbocycles. The SMILES string of the molecule is CCCCC/C=C\C/C=C\C/C=C\CCCCCCC(=O)O[C@H](COC(=O)CCCCCCCCC/C=C\C/C=C\CCCCC)COP(=O)(O)OC[C@H](N)C(=O)O. The van der Waals surface area contributed by atoms with Gasteiger partial charge in [-0.2, -0.15) is 0 Å². The lowest BCUT2D eigenvalue weighted by Gasteiger charge is -2.20. The Bertz CT molecular complexity index is 1210. The molecule has 58 heavy (non-hydrogen) atoms. The number of aliphatic carboxylic acids is 1. The number of esters is 2. The van der Waals surface area contributed by atoms with Gasteiger partial charge in [0.2, 0.25) is 0 Å². The van der Waals surface area contributed by atoms with Crippen LogP contribution in [0.4, 0.5) is 0 Å². The van der Waals surface area contributed by atoms with E-state index in [4.69, 9.17) is 24.8 Å². The number of hydrogen-bond donors (Lipinski definition) is 3. The van der Waals surface area contributed by atoms with Crippen molar-refractivity contribution in [3.05, 3.63) is 60.8 Å². The van der Waals surface area contributed by atoms with Crippen molar-refractivity contribution >= 4 is 25.7 Å². The molecule has 4 N–H and O–H groups in total. The Morgan fingerprint density at radius 2 is 0.914 bits per heavy atom. The molecule has 3 atom stereocenters. The van der Waals surface area contributed by atoms with E-state index in [9.17, 15) is 23.8 Å². The van der Waals surface area contributed by atoms with Crippen molar-refractivity contribution < 1.29 is 47.5 Å². The molecule has 12 heteroatoms. The lowest BCUT2D eigenvalue weighted by atomic mass is 10.1. The predicted molar refractivity (Wildman–Crippen MR) is 235 cm³/mol. The summed E-state index contributed by atoms with van der Waals surface area (Å²) in [5, 5.41) is 8.89. The van der Waals surface area contributed by atoms with E-state index in [1.165, 1.54) is 57.8 Å². The van der Waals surface area contributed by atoms with Gasteiger partial charge in [-0.3, -0.25) is 23.4 Å². The molecule has 0 saturated carbocycles. The van der Waals surface area contributed by atoms with E-state index < -0.39 is 51.1 Å². The molecule has 0 aliphatic rings. The number of unbranched alkanes of at least 4 members (excludes halogenated alkanes) is 17. The van der Waals surface area contributed by atoms with Crippen LogP contribution in [0.25, 0.3) is 0 Å². The number of nitrogens with two attached hydrogens (primary N) is 1. The molecule has 1 unspecified atom stereocenters. The summed E-state index contributed by atoms with van der Waals surface area (Å²) in [6.07, 6.45) is 47.0. The number of carbonyl (C=O) groups excluding carboxylic acids is 2. The molecule has 0 radical (unpaired) electrons. The van der Waals surface area contributed by atoms with Gasteiger partial charge in [-0.25, -0.2) is 4.57 Å². The minimum atomic E-state index is -4.73. The molecule has 0 aliphatic carbocycles. The summed E-state index contributed by atoms with van der Waals surface area (Å²) in [5.41, 5.74) is 5.33. The average Bonchev–Trinajstić information content (AvgIpc) is 3.20. The highest BCUT2D eigenvalue weighted by molar-refractivity contribution is 7.47. The van der Waals surface area contributed by atoms with E-state index in [2.05, 4.69) is 79.1 Å². The van der Waals surface area contributed by atoms with Crippen molar-refractivity contribution in [1.82, 2.24) is 0 Å². The van der Waals surface area contributed by atoms with Crippen molar-refractivity contribution in [2.45, 2.75) is 193 Å². The third-order valence-electron chi connectivity index (χ3n) is 9.24. The van der Waals surface area contributed by atoms with Gasteiger partial charge in [0.25, 0.3) is 0 Å². The number of carboxylic acids is 1. The lowest BCUT2D eigenvalue weighted by Crippen LogP contribution is -2.34. The number of allylic oxidation sites excluding steroid dienone is 10. The topological polar surface area (TPSA) is 172 Å². The minimum Gasteiger partial charge on any atom is -0.480 e. The molecular formula is C46H80NO10P. The van der Waals surface area contributed by atoms with Gasteiger partial charge in [0.15, 0.2) is 6.10 Å². The second kappa shape index (κ2) is 40.9. The fraction of sp³-hybridized carbons (Fsp3) is 0.717. The summed E-state index contributed by atoms with van der Waals surface area (Å²) >= 11 is 0. The summed E-state index contributed by atoms with van der Waals surface area (Å²) in [7, 11) is -4.73. The molecule has 0 fully saturated rings. The van der Waals surface area contributed by atoms with Gasteiger partial charge in [-0.1, -0.05) is 145 Å². The highest BCUT2D eigenvalue weighted by Crippen LogP contribution is 2.43. The van der Waals surface area contributed by atoms with Gasteiger partial charge in [0.1, 0.15) is 12.6 Å². The number of rotatable bonds is 41. The van der Waals surface area contributed by atoms with Crippen molar-refractivity contribution in [1.29, 1.82) is 0 Å². The number of phosphoric acid groups is 1. The van der Waals surface area contributed by atoms with E-state index in [1.54, 1.807) is 0 Å². The maximum atomic E-state index is 12.6. The van der Waals surface area contributed by atoms with Gasteiger partial charge in [0.05, 0.1) is 13.2 Å². The third-order valence-corrected chi connectivity index (χ3v) is 10.2. The highest BCUT2D eigenvalue weighted by atomic mass is 31.2. The Labute approximate surface area is 351 Å². The van der Waals surface area contributed by atoms with Crippen LogP contribution < -0.4 is 5.73 Å². The van der Waals surface area contributed by atoms with Crippen LogP contribution >= 0.6 is 7.82 Å². The normalized spacial score (nSPS) is 14.3. The maximum absolute atomic E-state index is 12.6. The van der Waals surface area contributed by atoms with Crippen LogP contribution in [0.3, 0.4) is 0 Å². The van der Waals surface area contributed by atoms with Gasteiger partial charge < -0.3 is 25.2 Å². The first-order chi connectivity index (χ1) is 28.1. The summed E-state index contributed by atoms with van der Waals surface area (Å²) in [6.45, 7) is 2.71. The largest absolute Gasteiger partial charge is 0.480 e. The highest BCUT2D eigenvalue weighted by Gasteiger charge is 2.28. The van der Waals surface area contributed by atoms with E-state index in [-0.39, 0.29) is 19.4 Å². The monoisotopic (exact) mass is 838 g/mol. The molecule has 0 amide bonds. The molecule has 0 spiro atoms. The van der Waals surface area contributed by atoms with Crippen molar-refractivity contribution in [3.8, 4) is 0 Å². The second-order valence-electron chi connectivity index (χ2n) is 14.8. The van der Waals surface area contributed by atoms with Crippen LogP contribution in [0.15, 0.2) is 60.8 Å². The number of hydrogen-bond acceptors (Lipinski definition) is 9. The van der Waals surface area contributed by atoms with E-state index in [1.807, 2.05) is 0 Å². The smallest absolute Gasteiger partial charge is 0.472 e. The number of carbonyl (C=O) groups is 3. The van der Waals surface area contributed by atoms with Gasteiger partial charge in [-0.05, 0) is 83.5 Å². The quantitative estimate of drug-likeness (QED) is 0.0231. The Kier molecular flexibility index (Phi) is 38.9. The first-order valence-corrected chi connectivity index (χ1v) is 23.8. The average molecular weight is 838 g/mol. The maximum Gasteiger partial charge on any atom is 0.472 e. The van der Waals surface area contributed by atoms with Crippen LogP contribution in [0.1, 0.15) is 181 Å². The Morgan fingerprint density at radius 3 is 1.36 bits per heavy atom. The second-order valence-corrected chi connectivity index (χ2v) is 16.3. The summed E-state index contributed by atoms with van der Waals surface area (Å²) < 4.78 is 32.7. The fourth-order valence-electron chi connectivity index (χ4n) is 5.69. The molecule has 0 rings (SSSR count). The molecule has 11 nitrogen and oxygen atoms in total. The molecule has 0 aromatic heterocycles. The van der Waals surface area contributed by atoms with Gasteiger partial charge >= 0.3 is 25.7 Å². The van der Waals surface area contributed by atoms with E-state index in [0.29, 0.717) is 12.8 Å². The van der Waals surface area contributed by atoms with Crippen LogP contribution in [-0.2, 0) is 37.5 Å². The Hall–Kier alpha value is -2.82. The zero-order valence-corrected chi connectivity index (χ0v) is 37.0. The molecule has 0 aliphatic heterocycles. The summed E-state index contributed by atoms with van der Waals surface area (Å²) in [5.74, 6) is -2.42. The molecule has 334 valence electrons. The minimum absolute atomic E-state index is 0.131. The first-order valence-electron chi connectivity index (χ1n) is 22.3. The summed E-state index contributed by atoms with van der Waals surface area (Å²) in [6, 6.07) is -1.53. The van der Waals surface area contributed by atoms with Crippen molar-refractivity contribution in [2.24, 2.45) is 5.73 Å². The molecule has 0 saturated heterocycles. The van der Waals surface area contributed by atoms with Gasteiger partial charge in [0, 0.05) is 12.8 Å². The van der Waals surface area contributed by atoms with Crippen LogP contribution in [0.5, 0.6) is 0 Å². The molecule has 0 heterocycles. The van der Waals surface area contributed by atoms with Crippen LogP contribution in [0, 0.1) is 0 Å². The summed E-state index contributed by atoms with van der Waals surface area (Å²) in [4.78, 5) is 46.0. The Morgan fingerprint density at radius 1 is 0.534 bits per heavy atom. The zero-order chi connectivity index (χ0) is 42.8. The van der Waals surface area contributed by atoms with Crippen LogP contribution in [0.2, 0.25) is 0 Å². The Balaban J connectivity index is 4.41. The fourth-order valence-corrected chi connectivity index (χ4v) is 6.47. The molecule has 0 aromatic rings. The van der Waals surface area contributed by atoms with Crippen LogP contribution in [-0.4, -0.2) is 59.9 Å². The van der Waals surface area contributed by atoms with Crippen molar-refractivity contribution in [2.75, 3.05) is 19.8 Å².